The van der Waals surface area contributed by atoms with Crippen molar-refractivity contribution >= 4 is 27.7 Å². The third-order valence-electron chi connectivity index (χ3n) is 7.56. The summed E-state index contributed by atoms with van der Waals surface area (Å²) >= 11 is 1.54. The van der Waals surface area contributed by atoms with Gasteiger partial charge in [0.25, 0.3) is 5.69 Å². The van der Waals surface area contributed by atoms with Crippen molar-refractivity contribution in [1.29, 1.82) is 0 Å². The van der Waals surface area contributed by atoms with Crippen LogP contribution in [0.1, 0.15) is 16.7 Å². The molecule has 43 heavy (non-hydrogen) atoms. The summed E-state index contributed by atoms with van der Waals surface area (Å²) in [5.74, 6) is -0.283. The summed E-state index contributed by atoms with van der Waals surface area (Å²) in [6.07, 6.45) is 1.76. The van der Waals surface area contributed by atoms with Crippen LogP contribution in [0.3, 0.4) is 0 Å². The van der Waals surface area contributed by atoms with E-state index in [0.717, 1.165) is 32.3 Å². The molecule has 0 bridgehead atoms. The van der Waals surface area contributed by atoms with E-state index in [0.29, 0.717) is 51.4 Å². The maximum absolute atomic E-state index is 14.9. The highest BCUT2D eigenvalue weighted by molar-refractivity contribution is 7.19. The van der Waals surface area contributed by atoms with E-state index in [4.69, 9.17) is 9.47 Å². The van der Waals surface area contributed by atoms with Crippen molar-refractivity contribution in [3.8, 4) is 16.3 Å². The summed E-state index contributed by atoms with van der Waals surface area (Å²) < 4.78 is 40.8. The molecule has 9 nitrogen and oxygen atoms in total. The summed E-state index contributed by atoms with van der Waals surface area (Å²) in [5.41, 5.74) is 3.83. The molecule has 6 rings (SSSR count). The Morgan fingerprint density at radius 2 is 1.84 bits per heavy atom. The summed E-state index contributed by atoms with van der Waals surface area (Å²) in [5, 5.41) is 12.2. The third kappa shape index (κ3) is 6.17. The van der Waals surface area contributed by atoms with Crippen LogP contribution in [0.5, 0.6) is 5.88 Å². The maximum atomic E-state index is 14.9. The van der Waals surface area contributed by atoms with Crippen molar-refractivity contribution in [2.24, 2.45) is 5.92 Å². The Bertz CT molecular complexity index is 1590. The largest absolute Gasteiger partial charge is 0.477 e. The van der Waals surface area contributed by atoms with Gasteiger partial charge in [-0.3, -0.25) is 10.1 Å². The van der Waals surface area contributed by atoms with Crippen LogP contribution in [0.4, 0.5) is 25.2 Å². The van der Waals surface area contributed by atoms with Crippen LogP contribution in [0.25, 0.3) is 10.4 Å². The van der Waals surface area contributed by atoms with Gasteiger partial charge < -0.3 is 24.2 Å². The number of benzene rings is 2. The SMILES string of the molecule is CN(C)Cc1c(-c2ccc([N+](=O)[O-])cc2)sc2c1CN(c1ccc(OCC3COC3)nc1)CN2Cc1c(F)cccc1F. The molecule has 4 aromatic rings. The average molecular weight is 608 g/mol. The lowest BCUT2D eigenvalue weighted by molar-refractivity contribution is -0.384. The van der Waals surface area contributed by atoms with Gasteiger partial charge in [0.05, 0.1) is 54.8 Å². The predicted molar refractivity (Wildman–Crippen MR) is 161 cm³/mol. The Morgan fingerprint density at radius 3 is 2.44 bits per heavy atom. The number of pyridine rings is 1. The number of aromatic nitrogens is 1. The molecule has 1 saturated heterocycles. The van der Waals surface area contributed by atoms with Crippen LogP contribution in [0.2, 0.25) is 0 Å². The molecule has 12 heteroatoms. The third-order valence-corrected chi connectivity index (χ3v) is 8.94. The number of halogens is 2. The second-order valence-electron chi connectivity index (χ2n) is 11.0. The van der Waals surface area contributed by atoms with Crippen LogP contribution in [0.15, 0.2) is 60.8 Å². The number of nitro groups is 1. The summed E-state index contributed by atoms with van der Waals surface area (Å²) in [6.45, 7) is 3.53. The number of thiophene rings is 1. The number of hydrogen-bond donors (Lipinski definition) is 0. The van der Waals surface area contributed by atoms with Crippen LogP contribution in [-0.4, -0.2) is 55.4 Å². The van der Waals surface area contributed by atoms with Gasteiger partial charge >= 0.3 is 0 Å². The molecule has 4 heterocycles. The lowest BCUT2D eigenvalue weighted by Crippen LogP contribution is -2.42. The Hall–Kier alpha value is -4.13. The minimum absolute atomic E-state index is 0.00316. The Kier molecular flexibility index (Phi) is 8.24. The van der Waals surface area contributed by atoms with E-state index in [-0.39, 0.29) is 17.8 Å². The normalized spacial score (nSPS) is 15.0. The van der Waals surface area contributed by atoms with Gasteiger partial charge in [0, 0.05) is 53.2 Å². The second-order valence-corrected chi connectivity index (χ2v) is 12.0. The maximum Gasteiger partial charge on any atom is 0.269 e. The van der Waals surface area contributed by atoms with Gasteiger partial charge in [-0.15, -0.1) is 11.3 Å². The van der Waals surface area contributed by atoms with Crippen molar-refractivity contribution in [3.63, 3.8) is 0 Å². The van der Waals surface area contributed by atoms with Gasteiger partial charge in [-0.1, -0.05) is 6.07 Å². The van der Waals surface area contributed by atoms with E-state index in [1.165, 1.54) is 41.7 Å². The first-order valence-electron chi connectivity index (χ1n) is 13.9. The summed E-state index contributed by atoms with van der Waals surface area (Å²) in [4.78, 5) is 22.5. The number of rotatable bonds is 10. The van der Waals surface area contributed by atoms with Crippen LogP contribution in [0, 0.1) is 27.7 Å². The van der Waals surface area contributed by atoms with E-state index in [1.807, 2.05) is 31.1 Å². The summed E-state index contributed by atoms with van der Waals surface area (Å²) in [7, 11) is 3.96. The van der Waals surface area contributed by atoms with Crippen molar-refractivity contribution in [3.05, 3.63) is 99.2 Å². The van der Waals surface area contributed by atoms with Crippen molar-refractivity contribution < 1.29 is 23.2 Å². The molecular weight excluding hydrogens is 576 g/mol. The molecule has 2 aromatic carbocycles. The molecule has 0 saturated carbocycles. The first-order valence-corrected chi connectivity index (χ1v) is 14.7. The van der Waals surface area contributed by atoms with E-state index < -0.39 is 16.6 Å². The fourth-order valence-electron chi connectivity index (χ4n) is 5.26. The molecule has 0 radical (unpaired) electrons. The Labute approximate surface area is 252 Å². The molecule has 2 aromatic heterocycles. The average Bonchev–Trinajstić information content (AvgIpc) is 3.32. The highest BCUT2D eigenvalue weighted by Gasteiger charge is 2.31. The Balaban J connectivity index is 1.38. The first-order chi connectivity index (χ1) is 20.8. The molecule has 0 spiro atoms. The molecule has 2 aliphatic heterocycles. The van der Waals surface area contributed by atoms with Crippen molar-refractivity contribution in [2.75, 3.05) is 50.4 Å². The topological polar surface area (TPSA) is 84.2 Å². The number of anilines is 2. The number of hydrogen-bond acceptors (Lipinski definition) is 9. The smallest absolute Gasteiger partial charge is 0.269 e. The fourth-order valence-corrected chi connectivity index (χ4v) is 6.59. The fraction of sp³-hybridized carbons (Fsp3) is 0.323. The molecule has 0 N–H and O–H groups in total. The zero-order valence-electron chi connectivity index (χ0n) is 23.8. The zero-order valence-corrected chi connectivity index (χ0v) is 24.7. The first kappa shape index (κ1) is 29.0. The van der Waals surface area contributed by atoms with Crippen LogP contribution in [-0.2, 0) is 24.4 Å². The van der Waals surface area contributed by atoms with Gasteiger partial charge in [-0.2, -0.15) is 0 Å². The van der Waals surface area contributed by atoms with Gasteiger partial charge in [-0.25, -0.2) is 13.8 Å². The quantitative estimate of drug-likeness (QED) is 0.159. The van der Waals surface area contributed by atoms with Gasteiger partial charge in [0.1, 0.15) is 11.6 Å². The van der Waals surface area contributed by atoms with Gasteiger partial charge in [0.2, 0.25) is 5.88 Å². The van der Waals surface area contributed by atoms with Crippen LogP contribution >= 0.6 is 11.3 Å². The predicted octanol–water partition coefficient (Wildman–Crippen LogP) is 6.07. The molecule has 0 aliphatic carbocycles. The lowest BCUT2D eigenvalue weighted by atomic mass is 10.0. The number of ether oxygens (including phenoxy) is 2. The van der Waals surface area contributed by atoms with E-state index in [2.05, 4.69) is 14.8 Å². The molecule has 0 unspecified atom stereocenters. The summed E-state index contributed by atoms with van der Waals surface area (Å²) in [6, 6.07) is 14.2. The number of fused-ring (bicyclic) bond motifs is 1. The van der Waals surface area contributed by atoms with E-state index in [1.54, 1.807) is 18.3 Å². The molecule has 0 atom stereocenters. The number of nitro benzene ring substituents is 1. The highest BCUT2D eigenvalue weighted by Crippen LogP contribution is 2.46. The minimum Gasteiger partial charge on any atom is -0.477 e. The van der Waals surface area contributed by atoms with Crippen molar-refractivity contribution in [2.45, 2.75) is 19.6 Å². The van der Waals surface area contributed by atoms with E-state index in [9.17, 15) is 18.9 Å². The van der Waals surface area contributed by atoms with E-state index >= 15 is 0 Å². The zero-order chi connectivity index (χ0) is 30.1. The minimum atomic E-state index is -0.598. The molecule has 2 aliphatic rings. The molecular formula is C31H31F2N5O4S. The van der Waals surface area contributed by atoms with Crippen molar-refractivity contribution in [1.82, 2.24) is 9.88 Å². The van der Waals surface area contributed by atoms with Gasteiger partial charge in [-0.05, 0) is 55.6 Å². The molecule has 224 valence electrons. The van der Waals surface area contributed by atoms with Crippen LogP contribution < -0.4 is 14.5 Å². The number of non-ortho nitro benzene ring substituents is 1. The standard InChI is InChI=1S/C31H31F2N5O4S/c1-35(2)13-24-25-14-36(23-10-11-29(34-12-23)42-18-20-16-41-17-20)19-37(15-26-27(32)4-3-5-28(26)33)31(25)43-30(24)21-6-8-22(9-7-21)38(39)40/h3-12,20H,13-19H2,1-2H3. The highest BCUT2D eigenvalue weighted by atomic mass is 32.1. The lowest BCUT2D eigenvalue weighted by Gasteiger charge is -2.38. The van der Waals surface area contributed by atoms with Gasteiger partial charge in [0.15, 0.2) is 0 Å². The number of nitrogens with zero attached hydrogens (tertiary/aromatic N) is 5. The molecule has 0 amide bonds. The molecule has 1 fully saturated rings. The Morgan fingerprint density at radius 1 is 1.09 bits per heavy atom. The monoisotopic (exact) mass is 607 g/mol. The second kappa shape index (κ2) is 12.2.